The third-order valence-corrected chi connectivity index (χ3v) is 4.09. The quantitative estimate of drug-likeness (QED) is 0.545. The molecule has 0 unspecified atom stereocenters. The van der Waals surface area contributed by atoms with E-state index in [1.165, 1.54) is 5.56 Å². The van der Waals surface area contributed by atoms with E-state index >= 15 is 0 Å². The second-order valence-corrected chi connectivity index (χ2v) is 6.09. The number of amides is 2. The van der Waals surface area contributed by atoms with Crippen LogP contribution >= 0.6 is 0 Å². The van der Waals surface area contributed by atoms with Gasteiger partial charge in [-0.15, -0.1) is 0 Å². The summed E-state index contributed by atoms with van der Waals surface area (Å²) in [4.78, 5) is 16.3. The lowest BCUT2D eigenvalue weighted by Gasteiger charge is -2.09. The highest BCUT2D eigenvalue weighted by atomic mass is 16.2. The van der Waals surface area contributed by atoms with Crippen LogP contribution in [0.5, 0.6) is 0 Å². The molecule has 0 atom stereocenters. The largest absolute Gasteiger partial charge is 0.368 e. The van der Waals surface area contributed by atoms with E-state index in [1.807, 2.05) is 54.6 Å². The summed E-state index contributed by atoms with van der Waals surface area (Å²) in [5.74, 6) is 0.814. The Bertz CT molecular complexity index is 836. The minimum atomic E-state index is -0.133. The van der Waals surface area contributed by atoms with E-state index in [0.717, 1.165) is 29.6 Å². The number of pyridine rings is 1. The molecule has 5 nitrogen and oxygen atoms in total. The van der Waals surface area contributed by atoms with Crippen molar-refractivity contribution < 1.29 is 4.79 Å². The molecule has 3 rings (SSSR count). The molecule has 3 aromatic rings. The summed E-state index contributed by atoms with van der Waals surface area (Å²) in [7, 11) is 0. The van der Waals surface area contributed by atoms with Crippen molar-refractivity contribution in [2.75, 3.05) is 25.0 Å². The minimum Gasteiger partial charge on any atom is -0.368 e. The van der Waals surface area contributed by atoms with Gasteiger partial charge in [-0.05, 0) is 36.6 Å². The number of rotatable bonds is 8. The van der Waals surface area contributed by atoms with Crippen LogP contribution in [-0.2, 0) is 6.42 Å². The fourth-order valence-corrected chi connectivity index (χ4v) is 2.73. The maximum Gasteiger partial charge on any atom is 0.314 e. The van der Waals surface area contributed by atoms with Crippen LogP contribution in [0.1, 0.15) is 12.0 Å². The Labute approximate surface area is 153 Å². The van der Waals surface area contributed by atoms with Crippen molar-refractivity contribution in [2.24, 2.45) is 0 Å². The highest BCUT2D eigenvalue weighted by Crippen LogP contribution is 2.14. The van der Waals surface area contributed by atoms with Crippen molar-refractivity contribution in [2.45, 2.75) is 12.8 Å². The lowest BCUT2D eigenvalue weighted by molar-refractivity contribution is 0.241. The first-order valence-electron chi connectivity index (χ1n) is 8.96. The van der Waals surface area contributed by atoms with Gasteiger partial charge in [0, 0.05) is 25.0 Å². The molecule has 0 fully saturated rings. The topological polar surface area (TPSA) is 66.1 Å². The SMILES string of the molecule is O=C(NCCCc1ccccc1)NCCNc1ccc2ccccc2n1. The van der Waals surface area contributed by atoms with Crippen molar-refractivity contribution in [1.29, 1.82) is 0 Å². The molecule has 0 radical (unpaired) electrons. The summed E-state index contributed by atoms with van der Waals surface area (Å²) in [6, 6.07) is 22.1. The summed E-state index contributed by atoms with van der Waals surface area (Å²) < 4.78 is 0. The van der Waals surface area contributed by atoms with Crippen LogP contribution < -0.4 is 16.0 Å². The van der Waals surface area contributed by atoms with Crippen molar-refractivity contribution in [3.05, 3.63) is 72.3 Å². The predicted molar refractivity (Wildman–Crippen MR) is 106 cm³/mol. The van der Waals surface area contributed by atoms with Crippen LogP contribution in [0.2, 0.25) is 0 Å². The molecular weight excluding hydrogens is 324 g/mol. The standard InChI is InChI=1S/C21H24N4O/c26-21(23-14-6-9-17-7-2-1-3-8-17)24-16-15-22-20-13-12-18-10-4-5-11-19(18)25-20/h1-5,7-8,10-13H,6,9,14-16H2,(H,22,25)(H2,23,24,26). The van der Waals surface area contributed by atoms with Gasteiger partial charge in [-0.1, -0.05) is 48.5 Å². The number of para-hydroxylation sites is 1. The summed E-state index contributed by atoms with van der Waals surface area (Å²) in [5, 5.41) is 10.1. The smallest absolute Gasteiger partial charge is 0.314 e. The van der Waals surface area contributed by atoms with Crippen molar-refractivity contribution >= 4 is 22.8 Å². The predicted octanol–water partition coefficient (Wildman–Crippen LogP) is 3.58. The van der Waals surface area contributed by atoms with Gasteiger partial charge in [0.1, 0.15) is 5.82 Å². The first-order chi connectivity index (χ1) is 12.8. The Kier molecular flexibility index (Phi) is 6.42. The molecule has 0 spiro atoms. The van der Waals surface area contributed by atoms with Gasteiger partial charge in [-0.2, -0.15) is 0 Å². The molecule has 26 heavy (non-hydrogen) atoms. The van der Waals surface area contributed by atoms with Crippen LogP contribution in [-0.4, -0.2) is 30.6 Å². The number of aryl methyl sites for hydroxylation is 1. The van der Waals surface area contributed by atoms with E-state index in [-0.39, 0.29) is 6.03 Å². The molecule has 1 heterocycles. The van der Waals surface area contributed by atoms with E-state index in [2.05, 4.69) is 33.1 Å². The molecule has 0 saturated carbocycles. The lowest BCUT2D eigenvalue weighted by Crippen LogP contribution is -2.38. The number of hydrogen-bond acceptors (Lipinski definition) is 3. The van der Waals surface area contributed by atoms with Gasteiger partial charge < -0.3 is 16.0 Å². The number of nitrogens with zero attached hydrogens (tertiary/aromatic N) is 1. The van der Waals surface area contributed by atoms with Gasteiger partial charge in [0.25, 0.3) is 0 Å². The number of carbonyl (C=O) groups excluding carboxylic acids is 1. The molecule has 3 N–H and O–H groups in total. The molecule has 134 valence electrons. The van der Waals surface area contributed by atoms with Gasteiger partial charge in [-0.25, -0.2) is 9.78 Å². The highest BCUT2D eigenvalue weighted by Gasteiger charge is 2.00. The van der Waals surface area contributed by atoms with E-state index < -0.39 is 0 Å². The number of fused-ring (bicyclic) bond motifs is 1. The molecule has 0 aliphatic rings. The molecule has 1 aromatic heterocycles. The molecule has 0 aliphatic heterocycles. The van der Waals surface area contributed by atoms with Crippen LogP contribution in [0.15, 0.2) is 66.7 Å². The van der Waals surface area contributed by atoms with Gasteiger partial charge >= 0.3 is 6.03 Å². The maximum atomic E-state index is 11.8. The lowest BCUT2D eigenvalue weighted by atomic mass is 10.1. The van der Waals surface area contributed by atoms with Crippen molar-refractivity contribution in [3.63, 3.8) is 0 Å². The number of urea groups is 1. The van der Waals surface area contributed by atoms with Gasteiger partial charge in [0.15, 0.2) is 0 Å². The van der Waals surface area contributed by atoms with Crippen LogP contribution in [0, 0.1) is 0 Å². The Hall–Kier alpha value is -3.08. The molecule has 2 amide bonds. The number of aromatic nitrogens is 1. The molecule has 5 heteroatoms. The summed E-state index contributed by atoms with van der Waals surface area (Å²) in [6.07, 6.45) is 1.90. The van der Waals surface area contributed by atoms with Crippen LogP contribution in [0.3, 0.4) is 0 Å². The monoisotopic (exact) mass is 348 g/mol. The summed E-state index contributed by atoms with van der Waals surface area (Å²) in [5.41, 5.74) is 2.25. The van der Waals surface area contributed by atoms with Gasteiger partial charge in [-0.3, -0.25) is 0 Å². The number of carbonyl (C=O) groups is 1. The number of nitrogens with one attached hydrogen (secondary N) is 3. The first kappa shape index (κ1) is 17.7. The third-order valence-electron chi connectivity index (χ3n) is 4.09. The fraction of sp³-hybridized carbons (Fsp3) is 0.238. The fourth-order valence-electron chi connectivity index (χ4n) is 2.73. The second-order valence-electron chi connectivity index (χ2n) is 6.09. The number of benzene rings is 2. The number of anilines is 1. The van der Waals surface area contributed by atoms with Crippen molar-refractivity contribution in [3.8, 4) is 0 Å². The average molecular weight is 348 g/mol. The van der Waals surface area contributed by atoms with Crippen LogP contribution in [0.25, 0.3) is 10.9 Å². The highest BCUT2D eigenvalue weighted by molar-refractivity contribution is 5.80. The zero-order chi connectivity index (χ0) is 18.0. The Morgan fingerprint density at radius 3 is 2.46 bits per heavy atom. The Morgan fingerprint density at radius 1 is 0.808 bits per heavy atom. The Balaban J connectivity index is 1.29. The normalized spacial score (nSPS) is 10.5. The van der Waals surface area contributed by atoms with Crippen LogP contribution in [0.4, 0.5) is 10.6 Å². The molecule has 0 bridgehead atoms. The summed E-state index contributed by atoms with van der Waals surface area (Å²) >= 11 is 0. The van der Waals surface area contributed by atoms with E-state index in [1.54, 1.807) is 0 Å². The minimum absolute atomic E-state index is 0.133. The first-order valence-corrected chi connectivity index (χ1v) is 8.96. The zero-order valence-electron chi connectivity index (χ0n) is 14.7. The Morgan fingerprint density at radius 2 is 1.58 bits per heavy atom. The molecular formula is C21H24N4O. The van der Waals surface area contributed by atoms with Gasteiger partial charge in [0.2, 0.25) is 0 Å². The zero-order valence-corrected chi connectivity index (χ0v) is 14.7. The van der Waals surface area contributed by atoms with E-state index in [0.29, 0.717) is 19.6 Å². The number of hydrogen-bond donors (Lipinski definition) is 3. The van der Waals surface area contributed by atoms with E-state index in [4.69, 9.17) is 0 Å². The maximum absolute atomic E-state index is 11.8. The average Bonchev–Trinajstić information content (AvgIpc) is 2.69. The second kappa shape index (κ2) is 9.42. The van der Waals surface area contributed by atoms with E-state index in [9.17, 15) is 4.79 Å². The van der Waals surface area contributed by atoms with Gasteiger partial charge in [0.05, 0.1) is 5.52 Å². The van der Waals surface area contributed by atoms with Crippen molar-refractivity contribution in [1.82, 2.24) is 15.6 Å². The molecule has 2 aromatic carbocycles. The summed E-state index contributed by atoms with van der Waals surface area (Å²) in [6.45, 7) is 1.84. The molecule has 0 saturated heterocycles. The molecule has 0 aliphatic carbocycles. The third kappa shape index (κ3) is 5.48.